The van der Waals surface area contributed by atoms with Crippen LogP contribution in [-0.4, -0.2) is 34.2 Å². The van der Waals surface area contributed by atoms with Gasteiger partial charge in [0, 0.05) is 12.0 Å². The summed E-state index contributed by atoms with van der Waals surface area (Å²) in [5.41, 5.74) is 1.99. The Labute approximate surface area is 152 Å². The Hall–Kier alpha value is -2.86. The standard InChI is InChI=1S/C20H22N4O2/c1-23(13-17-8-5-11-26-17)14-20(25)21-19-12-18(15-9-10-15)22-24(19)16-6-3-2-4-7-16/h2-8,11-12,15H,9-10,13-14H2,1H3,(H,21,25). The van der Waals surface area contributed by atoms with Crippen molar-refractivity contribution in [1.82, 2.24) is 14.7 Å². The number of nitrogens with zero attached hydrogens (tertiary/aromatic N) is 3. The summed E-state index contributed by atoms with van der Waals surface area (Å²) < 4.78 is 7.15. The average Bonchev–Trinajstić information content (AvgIpc) is 3.20. The third-order valence-electron chi connectivity index (χ3n) is 4.41. The molecule has 0 radical (unpaired) electrons. The van der Waals surface area contributed by atoms with Crippen LogP contribution in [0.15, 0.2) is 59.2 Å². The van der Waals surface area contributed by atoms with Crippen molar-refractivity contribution in [2.24, 2.45) is 0 Å². The summed E-state index contributed by atoms with van der Waals surface area (Å²) in [7, 11) is 1.90. The largest absolute Gasteiger partial charge is 0.468 e. The summed E-state index contributed by atoms with van der Waals surface area (Å²) in [4.78, 5) is 14.4. The molecule has 1 aliphatic carbocycles. The van der Waals surface area contributed by atoms with Crippen LogP contribution in [0.4, 0.5) is 5.82 Å². The lowest BCUT2D eigenvalue weighted by Gasteiger charge is -2.15. The van der Waals surface area contributed by atoms with Crippen molar-refractivity contribution in [3.8, 4) is 5.69 Å². The summed E-state index contributed by atoms with van der Waals surface area (Å²) in [6.07, 6.45) is 3.98. The molecule has 2 heterocycles. The molecular weight excluding hydrogens is 328 g/mol. The van der Waals surface area contributed by atoms with Gasteiger partial charge in [-0.15, -0.1) is 0 Å². The van der Waals surface area contributed by atoms with Crippen LogP contribution in [0.1, 0.15) is 30.2 Å². The van der Waals surface area contributed by atoms with Crippen LogP contribution < -0.4 is 5.32 Å². The van der Waals surface area contributed by atoms with E-state index in [9.17, 15) is 4.79 Å². The van der Waals surface area contributed by atoms with Crippen molar-refractivity contribution < 1.29 is 9.21 Å². The zero-order chi connectivity index (χ0) is 17.9. The third-order valence-corrected chi connectivity index (χ3v) is 4.41. The number of furan rings is 1. The number of para-hydroxylation sites is 1. The van der Waals surface area contributed by atoms with Crippen molar-refractivity contribution in [1.29, 1.82) is 0 Å². The number of hydrogen-bond acceptors (Lipinski definition) is 4. The average molecular weight is 350 g/mol. The van der Waals surface area contributed by atoms with Crippen LogP contribution in [0.2, 0.25) is 0 Å². The van der Waals surface area contributed by atoms with Crippen LogP contribution in [0, 0.1) is 0 Å². The van der Waals surface area contributed by atoms with E-state index in [1.54, 1.807) is 6.26 Å². The van der Waals surface area contributed by atoms with Crippen LogP contribution in [0.25, 0.3) is 5.69 Å². The minimum absolute atomic E-state index is 0.0708. The smallest absolute Gasteiger partial charge is 0.239 e. The first kappa shape index (κ1) is 16.6. The molecule has 4 rings (SSSR count). The highest BCUT2D eigenvalue weighted by Gasteiger charge is 2.28. The first-order valence-corrected chi connectivity index (χ1v) is 8.85. The number of amides is 1. The molecule has 2 aromatic heterocycles. The van der Waals surface area contributed by atoms with Gasteiger partial charge in [-0.05, 0) is 44.2 Å². The minimum atomic E-state index is -0.0708. The zero-order valence-corrected chi connectivity index (χ0v) is 14.8. The molecule has 1 N–H and O–H groups in total. The van der Waals surface area contributed by atoms with Crippen molar-refractivity contribution in [2.45, 2.75) is 25.3 Å². The Morgan fingerprint density at radius 2 is 2.08 bits per heavy atom. The summed E-state index contributed by atoms with van der Waals surface area (Å²) in [6.45, 7) is 0.866. The Balaban J connectivity index is 1.47. The minimum Gasteiger partial charge on any atom is -0.468 e. The second kappa shape index (κ2) is 7.17. The molecule has 1 aliphatic rings. The summed E-state index contributed by atoms with van der Waals surface area (Å²) in [6, 6.07) is 15.6. The molecule has 0 aliphatic heterocycles. The topological polar surface area (TPSA) is 63.3 Å². The van der Waals surface area contributed by atoms with Crippen molar-refractivity contribution in [2.75, 3.05) is 18.9 Å². The number of nitrogens with one attached hydrogen (secondary N) is 1. The van der Waals surface area contributed by atoms with Gasteiger partial charge in [0.2, 0.25) is 5.91 Å². The summed E-state index contributed by atoms with van der Waals surface area (Å²) in [5, 5.41) is 7.72. The number of carbonyl (C=O) groups is 1. The Kier molecular flexibility index (Phi) is 4.58. The maximum Gasteiger partial charge on any atom is 0.239 e. The van der Waals surface area contributed by atoms with E-state index < -0.39 is 0 Å². The highest BCUT2D eigenvalue weighted by atomic mass is 16.3. The van der Waals surface area contributed by atoms with Crippen LogP contribution >= 0.6 is 0 Å². The Morgan fingerprint density at radius 3 is 2.77 bits per heavy atom. The van der Waals surface area contributed by atoms with E-state index in [2.05, 4.69) is 5.32 Å². The molecule has 0 unspecified atom stereocenters. The monoisotopic (exact) mass is 350 g/mol. The second-order valence-corrected chi connectivity index (χ2v) is 6.78. The van der Waals surface area contributed by atoms with Crippen LogP contribution in [0.3, 0.4) is 0 Å². The summed E-state index contributed by atoms with van der Waals surface area (Å²) >= 11 is 0. The molecule has 1 aromatic carbocycles. The SMILES string of the molecule is CN(CC(=O)Nc1cc(C2CC2)nn1-c1ccccc1)Cc1ccco1. The van der Waals surface area contributed by atoms with E-state index in [0.717, 1.165) is 23.0 Å². The molecule has 6 nitrogen and oxygen atoms in total. The lowest BCUT2D eigenvalue weighted by molar-refractivity contribution is -0.117. The number of likely N-dealkylation sites (N-methyl/N-ethyl adjacent to an activating group) is 1. The zero-order valence-electron chi connectivity index (χ0n) is 14.8. The second-order valence-electron chi connectivity index (χ2n) is 6.78. The van der Waals surface area contributed by atoms with E-state index in [1.807, 2.05) is 65.2 Å². The van der Waals surface area contributed by atoms with E-state index >= 15 is 0 Å². The fourth-order valence-electron chi connectivity index (χ4n) is 2.99. The highest BCUT2D eigenvalue weighted by molar-refractivity contribution is 5.91. The molecule has 1 fully saturated rings. The predicted octanol–water partition coefficient (Wildman–Crippen LogP) is 3.41. The molecule has 1 amide bonds. The first-order valence-electron chi connectivity index (χ1n) is 8.85. The highest BCUT2D eigenvalue weighted by Crippen LogP contribution is 2.40. The van der Waals surface area contributed by atoms with Gasteiger partial charge in [0.1, 0.15) is 11.6 Å². The van der Waals surface area contributed by atoms with E-state index in [0.29, 0.717) is 12.5 Å². The maximum atomic E-state index is 12.5. The lowest BCUT2D eigenvalue weighted by Crippen LogP contribution is -2.30. The van der Waals surface area contributed by atoms with Crippen LogP contribution in [0.5, 0.6) is 0 Å². The molecular formula is C20H22N4O2. The molecule has 0 bridgehead atoms. The molecule has 0 atom stereocenters. The molecule has 0 spiro atoms. The van der Waals surface area contributed by atoms with Gasteiger partial charge in [-0.3, -0.25) is 9.69 Å². The number of rotatable bonds is 7. The number of aromatic nitrogens is 2. The molecule has 3 aromatic rings. The molecule has 1 saturated carbocycles. The van der Waals surface area contributed by atoms with Gasteiger partial charge in [0.05, 0.1) is 30.7 Å². The van der Waals surface area contributed by atoms with E-state index in [1.165, 1.54) is 12.8 Å². The predicted molar refractivity (Wildman–Crippen MR) is 99.2 cm³/mol. The van der Waals surface area contributed by atoms with Gasteiger partial charge < -0.3 is 9.73 Å². The number of hydrogen-bond donors (Lipinski definition) is 1. The van der Waals surface area contributed by atoms with Crippen LogP contribution in [-0.2, 0) is 11.3 Å². The number of anilines is 1. The van der Waals surface area contributed by atoms with E-state index in [4.69, 9.17) is 9.52 Å². The van der Waals surface area contributed by atoms with Crippen molar-refractivity contribution in [3.63, 3.8) is 0 Å². The molecule has 0 saturated heterocycles. The maximum absolute atomic E-state index is 12.5. The molecule has 134 valence electrons. The lowest BCUT2D eigenvalue weighted by atomic mass is 10.3. The Morgan fingerprint density at radius 1 is 1.27 bits per heavy atom. The first-order chi connectivity index (χ1) is 12.7. The normalized spacial score (nSPS) is 13.9. The van der Waals surface area contributed by atoms with E-state index in [-0.39, 0.29) is 12.5 Å². The molecule has 6 heteroatoms. The quantitative estimate of drug-likeness (QED) is 0.709. The van der Waals surface area contributed by atoms with Gasteiger partial charge in [0.15, 0.2) is 0 Å². The van der Waals surface area contributed by atoms with Gasteiger partial charge in [-0.2, -0.15) is 5.10 Å². The fourth-order valence-corrected chi connectivity index (χ4v) is 2.99. The van der Waals surface area contributed by atoms with Gasteiger partial charge in [-0.25, -0.2) is 4.68 Å². The third kappa shape index (κ3) is 3.86. The van der Waals surface area contributed by atoms with Gasteiger partial charge in [0.25, 0.3) is 0 Å². The number of carbonyl (C=O) groups excluding carboxylic acids is 1. The summed E-state index contributed by atoms with van der Waals surface area (Å²) in [5.74, 6) is 2.01. The van der Waals surface area contributed by atoms with Gasteiger partial charge in [-0.1, -0.05) is 18.2 Å². The molecule has 26 heavy (non-hydrogen) atoms. The Bertz CT molecular complexity index is 867. The number of benzene rings is 1. The van der Waals surface area contributed by atoms with Crippen molar-refractivity contribution in [3.05, 3.63) is 66.2 Å². The van der Waals surface area contributed by atoms with Crippen molar-refractivity contribution >= 4 is 11.7 Å². The fraction of sp³-hybridized carbons (Fsp3) is 0.300. The van der Waals surface area contributed by atoms with Gasteiger partial charge >= 0.3 is 0 Å².